The number of aliphatic carboxylic acids is 1. The van der Waals surface area contributed by atoms with Crippen LogP contribution in [0.25, 0.3) is 1.43 Å². The van der Waals surface area contributed by atoms with Gasteiger partial charge in [-0.05, 0) is 33.7 Å². The number of nitrogens with one attached hydrogen (secondary N) is 1. The van der Waals surface area contributed by atoms with Crippen molar-refractivity contribution < 1.29 is 14.1 Å². The first-order chi connectivity index (χ1) is 6.61. The molecule has 0 unspecified atom stereocenters. The van der Waals surface area contributed by atoms with Gasteiger partial charge in [0.05, 0.1) is 0 Å². The summed E-state index contributed by atoms with van der Waals surface area (Å²) < 4.78 is 28.5. The van der Waals surface area contributed by atoms with Gasteiger partial charge in [-0.2, -0.15) is 0 Å². The summed E-state index contributed by atoms with van der Waals surface area (Å²) in [4.78, 5) is 10.8. The highest BCUT2D eigenvalue weighted by atomic mass is 16.4. The predicted octanol–water partition coefficient (Wildman–Crippen LogP) is 1.24. The van der Waals surface area contributed by atoms with E-state index in [1.807, 2.05) is 20.8 Å². The van der Waals surface area contributed by atoms with Gasteiger partial charge in [0.2, 0.25) is 0 Å². The van der Waals surface area contributed by atoms with Crippen LogP contribution < -0.4 is 5.31 Å². The largest absolute Gasteiger partial charge is 0.481 e. The van der Waals surface area contributed by atoms with Crippen LogP contribution in [-0.4, -0.2) is 23.2 Å². The molecule has 0 rings (SSSR count). The Morgan fingerprint density at radius 1 is 1.82 bits per heavy atom. The number of carbonyl (C=O) groups is 1. The van der Waals surface area contributed by atoms with Crippen LogP contribution in [0.15, 0.2) is 0 Å². The van der Waals surface area contributed by atoms with Crippen molar-refractivity contribution in [2.75, 3.05) is 6.54 Å². The molecule has 2 N–H and O–H groups in total. The predicted molar refractivity (Wildman–Crippen MR) is 44.6 cm³/mol. The van der Waals surface area contributed by atoms with Gasteiger partial charge in [-0.25, -0.2) is 0 Å². The van der Waals surface area contributed by atoms with Gasteiger partial charge >= 0.3 is 5.97 Å². The van der Waals surface area contributed by atoms with E-state index in [4.69, 9.17) is 5.58 Å². The van der Waals surface area contributed by atoms with E-state index in [9.17, 15) is 4.79 Å². The fourth-order valence-electron chi connectivity index (χ4n) is 0.549. The number of carboxylic acid groups (broad SMARTS) is 1. The molecular weight excluding hydrogens is 142 g/mol. The summed E-state index contributed by atoms with van der Waals surface area (Å²) in [6.45, 7) is 5.56. The highest BCUT2D eigenvalue weighted by Gasteiger charge is 2.07. The molecule has 0 radical (unpaired) electrons. The lowest BCUT2D eigenvalue weighted by Crippen LogP contribution is -2.36. The van der Waals surface area contributed by atoms with Crippen LogP contribution in [0.5, 0.6) is 0 Å². The second kappa shape index (κ2) is 4.34. The highest BCUT2D eigenvalue weighted by Crippen LogP contribution is 1.98. The number of carboxylic acids is 1. The summed E-state index contributed by atoms with van der Waals surface area (Å²) in [6, 6.07) is 0. The van der Waals surface area contributed by atoms with Crippen LogP contribution in [-0.2, 0) is 4.79 Å². The summed E-state index contributed by atoms with van der Waals surface area (Å²) in [5.41, 5.74) is -0.402. The Bertz CT molecular complexity index is 227. The molecule has 0 spiro atoms. The molecule has 0 aliphatic carbocycles. The first kappa shape index (κ1) is 5.14. The van der Waals surface area contributed by atoms with Crippen molar-refractivity contribution >= 4 is 5.97 Å². The second-order valence-corrected chi connectivity index (χ2v) is 3.27. The summed E-state index contributed by atoms with van der Waals surface area (Å²) >= 11 is 0. The van der Waals surface area contributed by atoms with Crippen LogP contribution in [0.4, 0.5) is 0 Å². The Balaban J connectivity index is 4.21. The molecule has 11 heavy (non-hydrogen) atoms. The molecule has 0 saturated heterocycles. The molecule has 0 saturated carbocycles. The molecule has 0 atom stereocenters. The van der Waals surface area contributed by atoms with Crippen LogP contribution in [0, 0.1) is 0 Å². The zero-order chi connectivity index (χ0) is 12.3. The molecule has 0 aliphatic rings. The molecule has 0 fully saturated rings. The van der Waals surface area contributed by atoms with Crippen molar-refractivity contribution in [3.05, 3.63) is 0 Å². The summed E-state index contributed by atoms with van der Waals surface area (Å²) in [6.07, 6.45) is -2.36. The Morgan fingerprint density at radius 2 is 2.45 bits per heavy atom. The minimum atomic E-state index is -2.20. The minimum Gasteiger partial charge on any atom is -0.481 e. The Kier molecular flexibility index (Phi) is 2.03. The van der Waals surface area contributed by atoms with E-state index >= 15 is 0 Å². The van der Waals surface area contributed by atoms with E-state index in [0.29, 0.717) is 0 Å². The number of rotatable bonds is 4. The van der Waals surface area contributed by atoms with Crippen molar-refractivity contribution in [1.29, 1.82) is 1.43 Å². The summed E-state index contributed by atoms with van der Waals surface area (Å²) in [5, 5.41) is 4.79. The highest BCUT2D eigenvalue weighted by molar-refractivity contribution is 5.66. The van der Waals surface area contributed by atoms with E-state index in [1.165, 1.54) is 5.31 Å². The van der Waals surface area contributed by atoms with Gasteiger partial charge in [-0.15, -0.1) is 0 Å². The smallest absolute Gasteiger partial charge is 0.303 e. The molecule has 0 amide bonds. The first-order valence-corrected chi connectivity index (χ1v) is 3.55. The maximum Gasteiger partial charge on any atom is 0.303 e. The fraction of sp³-hybridized carbons (Fsp3) is 0.875. The molecule has 3 heteroatoms. The van der Waals surface area contributed by atoms with E-state index in [0.717, 1.165) is 0 Å². The zero-order valence-corrected chi connectivity index (χ0v) is 7.18. The number of hydrogen-bond donors (Lipinski definition) is 2. The van der Waals surface area contributed by atoms with Gasteiger partial charge in [0.1, 0.15) is 1.41 Å². The lowest BCUT2D eigenvalue weighted by molar-refractivity contribution is -0.137. The van der Waals surface area contributed by atoms with Crippen LogP contribution in [0.2, 0.25) is 1.41 Å². The fourth-order valence-corrected chi connectivity index (χ4v) is 0.549. The van der Waals surface area contributed by atoms with Crippen molar-refractivity contribution in [1.82, 2.24) is 5.31 Å². The van der Waals surface area contributed by atoms with Crippen LogP contribution >= 0.6 is 0 Å². The maximum atomic E-state index is 10.8. The Labute approximate surface area is 73.6 Å². The van der Waals surface area contributed by atoms with Gasteiger partial charge < -0.3 is 10.4 Å². The monoisotopic (exact) mass is 163 g/mol. The van der Waals surface area contributed by atoms with E-state index in [2.05, 4.69) is 5.11 Å². The van der Waals surface area contributed by atoms with Crippen molar-refractivity contribution in [3.63, 3.8) is 0 Å². The van der Waals surface area contributed by atoms with E-state index in [-0.39, 0.29) is 13.0 Å². The van der Waals surface area contributed by atoms with Gasteiger partial charge in [-0.3, -0.25) is 4.79 Å². The SMILES string of the molecule is [2H]OC(=O)C([2H])([2H])CCN([2H])C(C)(C)C. The minimum absolute atomic E-state index is 0.103. The van der Waals surface area contributed by atoms with Crippen molar-refractivity contribution in [2.45, 2.75) is 39.1 Å². The zero-order valence-electron chi connectivity index (χ0n) is 11.2. The second-order valence-electron chi connectivity index (χ2n) is 3.27. The van der Waals surface area contributed by atoms with Crippen LogP contribution in [0.1, 0.15) is 36.3 Å². The normalized spacial score (nSPS) is 18.2. The lowest BCUT2D eigenvalue weighted by Gasteiger charge is -2.19. The van der Waals surface area contributed by atoms with Crippen molar-refractivity contribution in [3.8, 4) is 0 Å². The molecule has 0 aromatic carbocycles. The standard InChI is InChI=1S/C8H17NO2/c1-8(2,3)9-6-4-5-7(10)11/h9H,4-6H2,1-3H3,(H,10,11)/i5D2/hD2. The Hall–Kier alpha value is -0.570. The Morgan fingerprint density at radius 3 is 2.91 bits per heavy atom. The molecule has 3 nitrogen and oxygen atoms in total. The molecule has 66 valence electrons. The van der Waals surface area contributed by atoms with Crippen LogP contribution in [0.3, 0.4) is 0 Å². The molecule has 0 bridgehead atoms. The van der Waals surface area contributed by atoms with E-state index in [1.54, 1.807) is 0 Å². The number of hydrogen-bond acceptors (Lipinski definition) is 3. The molecular formula is C8H17NO2. The topological polar surface area (TPSA) is 49.3 Å². The average molecular weight is 163 g/mol. The summed E-state index contributed by atoms with van der Waals surface area (Å²) in [7, 11) is 0. The van der Waals surface area contributed by atoms with Gasteiger partial charge in [0.15, 0.2) is 0 Å². The lowest BCUT2D eigenvalue weighted by atomic mass is 10.1. The summed E-state index contributed by atoms with van der Waals surface area (Å²) in [5.74, 6) is -1.22. The van der Waals surface area contributed by atoms with E-state index < -0.39 is 17.9 Å². The third-order valence-electron chi connectivity index (χ3n) is 0.967. The third-order valence-corrected chi connectivity index (χ3v) is 0.967. The third kappa shape index (κ3) is 9.43. The van der Waals surface area contributed by atoms with Gasteiger partial charge in [0.25, 0.3) is 1.43 Å². The van der Waals surface area contributed by atoms with Crippen molar-refractivity contribution in [2.24, 2.45) is 0 Å². The average Bonchev–Trinajstić information content (AvgIpc) is 2.11. The first-order valence-electron chi connectivity index (χ1n) is 5.41. The van der Waals surface area contributed by atoms with Gasteiger partial charge in [-0.1, -0.05) is 0 Å². The molecule has 0 heterocycles. The molecule has 0 aromatic heterocycles. The molecule has 0 aliphatic heterocycles. The quantitative estimate of drug-likeness (QED) is 0.655. The van der Waals surface area contributed by atoms with Gasteiger partial charge in [0, 0.05) is 14.7 Å². The molecule has 0 aromatic rings. The maximum absolute atomic E-state index is 10.8.